The molecule has 2 aliphatic heterocycles. The Labute approximate surface area is 313 Å². The SMILES string of the molecule is COc1ccc(C(=O)N2CCN(C3CC4(C3)CN(c3ccc(C(=O)NSc5ccc(N)c([N+](=O)[O-])c5)c(Oc5cnc6[nH]cc(F)c6c5)c3)C4)CC2)cc1. The largest absolute Gasteiger partial charge is 0.497 e. The maximum Gasteiger partial charge on any atom is 0.293 e. The number of H-pyrrole nitrogens is 1. The minimum Gasteiger partial charge on any atom is -0.497 e. The van der Waals surface area contributed by atoms with Crippen molar-refractivity contribution in [1.29, 1.82) is 0 Å². The van der Waals surface area contributed by atoms with Crippen LogP contribution in [0.15, 0.2) is 84.0 Å². The molecule has 4 N–H and O–H groups in total. The average molecular weight is 753 g/mol. The lowest BCUT2D eigenvalue weighted by Gasteiger charge is -2.62. The fraction of sp³-hybridized carbons (Fsp3) is 0.289. The number of hydrogen-bond acceptors (Lipinski definition) is 11. The van der Waals surface area contributed by atoms with E-state index in [1.165, 1.54) is 30.6 Å². The van der Waals surface area contributed by atoms with Gasteiger partial charge in [0.1, 0.15) is 34.4 Å². The van der Waals surface area contributed by atoms with E-state index in [9.17, 15) is 24.1 Å². The summed E-state index contributed by atoms with van der Waals surface area (Å²) in [5, 5.41) is 11.6. The Hall–Kier alpha value is -5.87. The summed E-state index contributed by atoms with van der Waals surface area (Å²) in [6.07, 6.45) is 4.83. The smallest absolute Gasteiger partial charge is 0.293 e. The van der Waals surface area contributed by atoms with E-state index in [-0.39, 0.29) is 45.1 Å². The molecule has 3 fully saturated rings. The molecule has 2 amide bonds. The van der Waals surface area contributed by atoms with Gasteiger partial charge in [-0.3, -0.25) is 29.3 Å². The van der Waals surface area contributed by atoms with Crippen LogP contribution in [0.25, 0.3) is 11.0 Å². The fourth-order valence-corrected chi connectivity index (χ4v) is 8.26. The van der Waals surface area contributed by atoms with Gasteiger partial charge in [-0.2, -0.15) is 0 Å². The number of nitrogens with one attached hydrogen (secondary N) is 2. The molecule has 8 rings (SSSR count). The monoisotopic (exact) mass is 752 g/mol. The van der Waals surface area contributed by atoms with Gasteiger partial charge in [-0.15, -0.1) is 0 Å². The third-order valence-electron chi connectivity index (χ3n) is 10.6. The summed E-state index contributed by atoms with van der Waals surface area (Å²) in [5.41, 5.74) is 7.83. The minimum absolute atomic E-state index is 0.0220. The van der Waals surface area contributed by atoms with Crippen molar-refractivity contribution in [1.82, 2.24) is 24.5 Å². The summed E-state index contributed by atoms with van der Waals surface area (Å²) in [4.78, 5) is 51.5. The van der Waals surface area contributed by atoms with Gasteiger partial charge in [0.25, 0.3) is 17.5 Å². The lowest BCUT2D eigenvalue weighted by Crippen LogP contribution is -2.68. The predicted octanol–water partition coefficient (Wildman–Crippen LogP) is 5.86. The van der Waals surface area contributed by atoms with Crippen molar-refractivity contribution in [3.8, 4) is 17.2 Å². The number of piperazine rings is 1. The number of amides is 2. The summed E-state index contributed by atoms with van der Waals surface area (Å²) < 4.78 is 28.5. The third-order valence-corrected chi connectivity index (χ3v) is 11.3. The molecule has 278 valence electrons. The summed E-state index contributed by atoms with van der Waals surface area (Å²) in [7, 11) is 1.61. The maximum atomic E-state index is 14.4. The Morgan fingerprint density at radius 3 is 2.52 bits per heavy atom. The minimum atomic E-state index is -0.580. The zero-order chi connectivity index (χ0) is 37.6. The zero-order valence-corrected chi connectivity index (χ0v) is 30.1. The number of nitrogens with zero attached hydrogens (tertiary/aromatic N) is 5. The van der Waals surface area contributed by atoms with Crippen LogP contribution in [0.2, 0.25) is 0 Å². The number of anilines is 2. The highest BCUT2D eigenvalue weighted by Crippen LogP contribution is 2.52. The molecule has 2 saturated heterocycles. The van der Waals surface area contributed by atoms with E-state index in [1.54, 1.807) is 25.3 Å². The van der Waals surface area contributed by atoms with E-state index < -0.39 is 16.6 Å². The van der Waals surface area contributed by atoms with Crippen molar-refractivity contribution < 1.29 is 28.4 Å². The molecule has 1 aliphatic carbocycles. The summed E-state index contributed by atoms with van der Waals surface area (Å²) >= 11 is 0.914. The first-order chi connectivity index (χ1) is 26.1. The predicted molar refractivity (Wildman–Crippen MR) is 202 cm³/mol. The number of ether oxygens (including phenoxy) is 2. The van der Waals surface area contributed by atoms with Gasteiger partial charge in [0.05, 0.1) is 29.2 Å². The van der Waals surface area contributed by atoms with Gasteiger partial charge in [0, 0.05) is 85.2 Å². The Balaban J connectivity index is 0.915. The van der Waals surface area contributed by atoms with E-state index in [0.717, 1.165) is 62.4 Å². The molecule has 3 aliphatic rings. The lowest BCUT2D eigenvalue weighted by molar-refractivity contribution is -0.384. The quantitative estimate of drug-likeness (QED) is 0.0676. The molecule has 0 unspecified atom stereocenters. The number of nitro groups is 1. The molecule has 0 atom stereocenters. The maximum absolute atomic E-state index is 14.4. The molecule has 4 heterocycles. The number of carbonyl (C=O) groups is 2. The molecule has 2 aromatic heterocycles. The van der Waals surface area contributed by atoms with Crippen LogP contribution in [-0.4, -0.2) is 88.9 Å². The topological polar surface area (TPSA) is 172 Å². The number of hydrogen-bond donors (Lipinski definition) is 3. The standard InChI is InChI=1S/C38H37FN8O6S/c1-52-26-5-2-23(3-6-26)37(49)45-12-10-44(11-13-45)25-17-38(18-25)21-46(22-38)24-4-8-29(36(48)43-54-28-7-9-32(40)33(16-28)47(50)51)34(14-24)53-27-15-30-31(39)20-42-35(30)41-19-27/h2-9,14-16,19-20,25H,10-13,17-18,21-22,40H2,1H3,(H,41,42)(H,43,48). The molecule has 3 aromatic carbocycles. The van der Waals surface area contributed by atoms with E-state index in [0.29, 0.717) is 35.2 Å². The summed E-state index contributed by atoms with van der Waals surface area (Å²) in [5.74, 6) is 0.307. The number of aromatic nitrogens is 2. The average Bonchev–Trinajstić information content (AvgIpc) is 3.52. The molecule has 16 heteroatoms. The van der Waals surface area contributed by atoms with Crippen LogP contribution in [0, 0.1) is 21.3 Å². The number of fused-ring (bicyclic) bond motifs is 1. The molecular weight excluding hydrogens is 716 g/mol. The molecule has 0 bridgehead atoms. The number of pyridine rings is 1. The van der Waals surface area contributed by atoms with Crippen molar-refractivity contribution in [3.63, 3.8) is 0 Å². The molecule has 14 nitrogen and oxygen atoms in total. The molecular formula is C38H37FN8O6S. The van der Waals surface area contributed by atoms with Crippen molar-refractivity contribution in [2.24, 2.45) is 5.41 Å². The number of methoxy groups -OCH3 is 1. The van der Waals surface area contributed by atoms with E-state index in [1.807, 2.05) is 35.2 Å². The fourth-order valence-electron chi connectivity index (χ4n) is 7.63. The van der Waals surface area contributed by atoms with Crippen LogP contribution < -0.4 is 24.8 Å². The number of nitrogen functional groups attached to an aromatic ring is 1. The number of halogens is 1. The van der Waals surface area contributed by atoms with Crippen LogP contribution in [0.1, 0.15) is 33.6 Å². The molecule has 0 radical (unpaired) electrons. The van der Waals surface area contributed by atoms with E-state index >= 15 is 0 Å². The van der Waals surface area contributed by atoms with Gasteiger partial charge in [-0.25, -0.2) is 9.37 Å². The molecule has 1 spiro atoms. The first-order valence-corrected chi connectivity index (χ1v) is 18.3. The first kappa shape index (κ1) is 35.2. The zero-order valence-electron chi connectivity index (χ0n) is 29.3. The second kappa shape index (κ2) is 14.2. The van der Waals surface area contributed by atoms with Crippen molar-refractivity contribution in [2.45, 2.75) is 23.8 Å². The van der Waals surface area contributed by atoms with Gasteiger partial charge < -0.3 is 30.0 Å². The summed E-state index contributed by atoms with van der Waals surface area (Å²) in [6, 6.07) is 18.9. The van der Waals surface area contributed by atoms with Crippen LogP contribution >= 0.6 is 11.9 Å². The van der Waals surface area contributed by atoms with Crippen molar-refractivity contribution in [2.75, 3.05) is 57.0 Å². The Morgan fingerprint density at radius 1 is 1.04 bits per heavy atom. The highest BCUT2D eigenvalue weighted by Gasteiger charge is 2.54. The van der Waals surface area contributed by atoms with Crippen molar-refractivity contribution in [3.05, 3.63) is 106 Å². The van der Waals surface area contributed by atoms with Crippen molar-refractivity contribution >= 4 is 51.9 Å². The highest BCUT2D eigenvalue weighted by molar-refractivity contribution is 7.98. The van der Waals surface area contributed by atoms with Gasteiger partial charge in [-0.05, 0) is 79.4 Å². The van der Waals surface area contributed by atoms with Gasteiger partial charge in [0.2, 0.25) is 0 Å². The number of rotatable bonds is 10. The Morgan fingerprint density at radius 2 is 1.80 bits per heavy atom. The van der Waals surface area contributed by atoms with Gasteiger partial charge in [-0.1, -0.05) is 0 Å². The number of benzene rings is 3. The van der Waals surface area contributed by atoms with Gasteiger partial charge in [0.15, 0.2) is 0 Å². The highest BCUT2D eigenvalue weighted by atomic mass is 32.2. The van der Waals surface area contributed by atoms with Crippen LogP contribution in [0.4, 0.5) is 21.5 Å². The number of nitrogens with two attached hydrogens (primary N) is 1. The second-order valence-corrected chi connectivity index (χ2v) is 14.9. The third kappa shape index (κ3) is 6.85. The number of nitro benzene ring substituents is 1. The Bertz CT molecular complexity index is 2250. The van der Waals surface area contributed by atoms with Gasteiger partial charge >= 0.3 is 0 Å². The molecule has 5 aromatic rings. The van der Waals surface area contributed by atoms with Crippen LogP contribution in [0.5, 0.6) is 17.2 Å². The number of carbonyl (C=O) groups excluding carboxylic acids is 2. The second-order valence-electron chi connectivity index (χ2n) is 14.0. The molecule has 54 heavy (non-hydrogen) atoms. The first-order valence-electron chi connectivity index (χ1n) is 17.5. The Kier molecular flexibility index (Phi) is 9.23. The number of aromatic amines is 1. The van der Waals surface area contributed by atoms with Crippen LogP contribution in [-0.2, 0) is 0 Å². The summed E-state index contributed by atoms with van der Waals surface area (Å²) in [6.45, 7) is 4.80. The lowest BCUT2D eigenvalue weighted by atomic mass is 9.60. The normalized spacial score (nSPS) is 16.9. The van der Waals surface area contributed by atoms with E-state index in [2.05, 4.69) is 24.5 Å². The molecule has 1 saturated carbocycles. The van der Waals surface area contributed by atoms with Crippen LogP contribution in [0.3, 0.4) is 0 Å². The van der Waals surface area contributed by atoms with E-state index in [4.69, 9.17) is 15.2 Å².